The highest BCUT2D eigenvalue weighted by Gasteiger charge is 1.65. The van der Waals surface area contributed by atoms with E-state index in [-0.39, 0.29) is 0 Å². The van der Waals surface area contributed by atoms with E-state index in [9.17, 15) is 0 Å². The van der Waals surface area contributed by atoms with Crippen molar-refractivity contribution < 1.29 is 9.90 Å². The van der Waals surface area contributed by atoms with E-state index < -0.39 is 5.97 Å². The second kappa shape index (κ2) is 15.8. The van der Waals surface area contributed by atoms with Crippen LogP contribution in [0.2, 0.25) is 0 Å². The molecule has 3 rings (SSSR count). The molecule has 0 aromatic carbocycles. The van der Waals surface area contributed by atoms with E-state index in [1.54, 1.807) is 37.2 Å². The first-order valence-electron chi connectivity index (χ1n) is 6.08. The highest BCUT2D eigenvalue weighted by molar-refractivity contribution is 5.62. The van der Waals surface area contributed by atoms with Gasteiger partial charge in [0.25, 0.3) is 5.97 Å². The molecule has 0 aliphatic heterocycles. The summed E-state index contributed by atoms with van der Waals surface area (Å²) in [6.45, 7) is 1.08. The summed E-state index contributed by atoms with van der Waals surface area (Å²) in [4.78, 5) is 9.00. The molecule has 0 unspecified atom stereocenters. The summed E-state index contributed by atoms with van der Waals surface area (Å²) < 4.78 is 0. The predicted molar refractivity (Wildman–Crippen MR) is 79.4 cm³/mol. The van der Waals surface area contributed by atoms with E-state index >= 15 is 0 Å². The summed E-state index contributed by atoms with van der Waals surface area (Å²) in [5, 5.41) is 28.6. The quantitative estimate of drug-likeness (QED) is 0.664. The predicted octanol–water partition coefficient (Wildman–Crippen LogP) is 1.52. The van der Waals surface area contributed by atoms with Crippen LogP contribution in [0.5, 0.6) is 0 Å². The molecule has 3 aromatic heterocycles. The van der Waals surface area contributed by atoms with E-state index in [1.165, 1.54) is 0 Å². The number of carboxylic acid groups (broad SMARTS) is 1. The second-order valence-electron chi connectivity index (χ2n) is 3.26. The van der Waals surface area contributed by atoms with Gasteiger partial charge >= 0.3 is 0 Å². The molecule has 0 fully saturated rings. The third-order valence-corrected chi connectivity index (χ3v) is 1.45. The zero-order valence-electron chi connectivity index (χ0n) is 12.0. The third kappa shape index (κ3) is 19.1. The van der Waals surface area contributed by atoms with Gasteiger partial charge in [-0.15, -0.1) is 0 Å². The van der Waals surface area contributed by atoms with Crippen molar-refractivity contribution in [2.24, 2.45) is 0 Å². The first-order chi connectivity index (χ1) is 10.7. The lowest BCUT2D eigenvalue weighted by molar-refractivity contribution is -0.134. The van der Waals surface area contributed by atoms with Gasteiger partial charge in [0.2, 0.25) is 0 Å². The van der Waals surface area contributed by atoms with Crippen LogP contribution < -0.4 is 0 Å². The van der Waals surface area contributed by atoms with Crippen molar-refractivity contribution >= 4 is 5.97 Å². The zero-order valence-corrected chi connectivity index (χ0v) is 12.0. The minimum Gasteiger partial charge on any atom is -0.481 e. The molecule has 1 N–H and O–H groups in total. The Balaban J connectivity index is 0.000000271. The van der Waals surface area contributed by atoms with Crippen LogP contribution >= 0.6 is 0 Å². The van der Waals surface area contributed by atoms with E-state index in [2.05, 4.69) is 30.6 Å². The van der Waals surface area contributed by atoms with Crippen molar-refractivity contribution in [3.63, 3.8) is 0 Å². The number of rotatable bonds is 0. The van der Waals surface area contributed by atoms with Crippen molar-refractivity contribution in [2.45, 2.75) is 6.92 Å². The van der Waals surface area contributed by atoms with Crippen LogP contribution in [-0.2, 0) is 4.79 Å². The van der Waals surface area contributed by atoms with Gasteiger partial charge in [-0.3, -0.25) is 4.79 Å². The third-order valence-electron chi connectivity index (χ3n) is 1.45. The van der Waals surface area contributed by atoms with Gasteiger partial charge in [0, 0.05) is 44.1 Å². The van der Waals surface area contributed by atoms with Crippen LogP contribution in [0.1, 0.15) is 6.92 Å². The molecule has 0 radical (unpaired) electrons. The number of aliphatic carboxylic acids is 1. The Labute approximate surface area is 127 Å². The van der Waals surface area contributed by atoms with Crippen LogP contribution in [0.3, 0.4) is 0 Å². The summed E-state index contributed by atoms with van der Waals surface area (Å²) >= 11 is 0. The molecule has 8 nitrogen and oxygen atoms in total. The number of carboxylic acids is 1. The van der Waals surface area contributed by atoms with Gasteiger partial charge in [0.1, 0.15) is 0 Å². The van der Waals surface area contributed by atoms with Gasteiger partial charge in [-0.1, -0.05) is 0 Å². The zero-order chi connectivity index (χ0) is 16.3. The average Bonchev–Trinajstić information content (AvgIpc) is 2.60. The maximum absolute atomic E-state index is 9.00. The molecule has 0 saturated heterocycles. The second-order valence-corrected chi connectivity index (χ2v) is 3.26. The Bertz CT molecular complexity index is 395. The normalized spacial score (nSPS) is 7.68. The Hall–Kier alpha value is -3.29. The van der Waals surface area contributed by atoms with E-state index in [0.717, 1.165) is 6.92 Å². The number of carbonyl (C=O) groups is 1. The fraction of sp³-hybridized carbons (Fsp3) is 0.0714. The first-order valence-corrected chi connectivity index (χ1v) is 6.08. The Morgan fingerprint density at radius 3 is 0.773 bits per heavy atom. The number of aromatic nitrogens is 6. The van der Waals surface area contributed by atoms with Crippen LogP contribution in [-0.4, -0.2) is 41.7 Å². The number of hydrogen-bond acceptors (Lipinski definition) is 7. The molecule has 3 heterocycles. The molecular weight excluding hydrogens is 284 g/mol. The van der Waals surface area contributed by atoms with Crippen LogP contribution in [0, 0.1) is 0 Å². The molecule has 0 bridgehead atoms. The van der Waals surface area contributed by atoms with Crippen LogP contribution in [0.15, 0.2) is 73.6 Å². The lowest BCUT2D eigenvalue weighted by Crippen LogP contribution is -1.78. The molecule has 0 amide bonds. The lowest BCUT2D eigenvalue weighted by Gasteiger charge is -1.69. The van der Waals surface area contributed by atoms with Crippen molar-refractivity contribution in [3.8, 4) is 0 Å². The summed E-state index contributed by atoms with van der Waals surface area (Å²) in [7, 11) is 0. The largest absolute Gasteiger partial charge is 0.481 e. The van der Waals surface area contributed by atoms with Crippen molar-refractivity contribution in [1.29, 1.82) is 0 Å². The topological polar surface area (TPSA) is 115 Å². The molecule has 114 valence electrons. The van der Waals surface area contributed by atoms with E-state index in [0.29, 0.717) is 0 Å². The molecule has 0 saturated carbocycles. The Morgan fingerprint density at radius 1 is 0.591 bits per heavy atom. The maximum Gasteiger partial charge on any atom is 0.300 e. The van der Waals surface area contributed by atoms with Crippen LogP contribution in [0.4, 0.5) is 0 Å². The van der Waals surface area contributed by atoms with Crippen LogP contribution in [0.25, 0.3) is 0 Å². The van der Waals surface area contributed by atoms with Crippen molar-refractivity contribution in [2.75, 3.05) is 0 Å². The Kier molecular flexibility index (Phi) is 13.4. The molecule has 0 aliphatic rings. The Morgan fingerprint density at radius 2 is 0.727 bits per heavy atom. The molecule has 0 spiro atoms. The molecular formula is C14H16N6O2. The fourth-order valence-corrected chi connectivity index (χ4v) is 0.760. The maximum atomic E-state index is 9.00. The van der Waals surface area contributed by atoms with Gasteiger partial charge in [-0.05, 0) is 36.4 Å². The molecule has 0 atom stereocenters. The number of nitrogens with zero attached hydrogens (tertiary/aromatic N) is 6. The summed E-state index contributed by atoms with van der Waals surface area (Å²) in [5.41, 5.74) is 0. The van der Waals surface area contributed by atoms with Crippen molar-refractivity contribution in [3.05, 3.63) is 73.6 Å². The SMILES string of the molecule is CC(=O)O.c1ccnnc1.c1ccnnc1.c1ccnnc1. The summed E-state index contributed by atoms with van der Waals surface area (Å²) in [6.07, 6.45) is 9.83. The summed E-state index contributed by atoms with van der Waals surface area (Å²) in [5.74, 6) is -0.833. The summed E-state index contributed by atoms with van der Waals surface area (Å²) in [6, 6.07) is 11.0. The molecule has 8 heteroatoms. The van der Waals surface area contributed by atoms with E-state index in [1.807, 2.05) is 36.4 Å². The van der Waals surface area contributed by atoms with E-state index in [4.69, 9.17) is 9.90 Å². The van der Waals surface area contributed by atoms with Gasteiger partial charge in [-0.2, -0.15) is 30.6 Å². The monoisotopic (exact) mass is 300 g/mol. The first kappa shape index (κ1) is 18.7. The number of hydrogen-bond donors (Lipinski definition) is 1. The lowest BCUT2D eigenvalue weighted by atomic mass is 10.6. The van der Waals surface area contributed by atoms with Gasteiger partial charge < -0.3 is 5.11 Å². The van der Waals surface area contributed by atoms with Crippen molar-refractivity contribution in [1.82, 2.24) is 30.6 Å². The standard InChI is InChI=1S/3C4H4N2.C2H4O2/c3*1-2-4-6-5-3-1;1-2(3)4/h3*1-4H;1H3,(H,3,4). The minimum atomic E-state index is -0.833. The molecule has 22 heavy (non-hydrogen) atoms. The van der Waals surface area contributed by atoms with Gasteiger partial charge in [-0.25, -0.2) is 0 Å². The fourth-order valence-electron chi connectivity index (χ4n) is 0.760. The molecule has 0 aliphatic carbocycles. The highest BCUT2D eigenvalue weighted by atomic mass is 16.4. The van der Waals surface area contributed by atoms with Gasteiger partial charge in [0.05, 0.1) is 0 Å². The highest BCUT2D eigenvalue weighted by Crippen LogP contribution is 1.69. The average molecular weight is 300 g/mol. The smallest absolute Gasteiger partial charge is 0.300 e. The minimum absolute atomic E-state index is 0.833. The van der Waals surface area contributed by atoms with Gasteiger partial charge in [0.15, 0.2) is 0 Å². The molecule has 3 aromatic rings.